The van der Waals surface area contributed by atoms with Gasteiger partial charge in [0, 0.05) is 11.0 Å². The molecule has 1 N–H and O–H groups in total. The molecule has 15 heavy (non-hydrogen) atoms. The zero-order chi connectivity index (χ0) is 11.3. The monoisotopic (exact) mass is 268 g/mol. The maximum atomic E-state index is 8.74. The van der Waals surface area contributed by atoms with Crippen molar-refractivity contribution in [1.82, 2.24) is 5.32 Å². The third kappa shape index (κ3) is 3.54. The summed E-state index contributed by atoms with van der Waals surface area (Å²) < 4.78 is 6.40. The van der Waals surface area contributed by atoms with Crippen LogP contribution in [0.4, 0.5) is 0 Å². The lowest BCUT2D eigenvalue weighted by molar-refractivity contribution is 0.220. The van der Waals surface area contributed by atoms with Gasteiger partial charge in [0.05, 0.1) is 5.56 Å². The molecule has 0 fully saturated rings. The van der Waals surface area contributed by atoms with Gasteiger partial charge in [-0.15, -0.1) is 0 Å². The summed E-state index contributed by atoms with van der Waals surface area (Å²) in [5.41, 5.74) is 0.614. The zero-order valence-corrected chi connectivity index (χ0v) is 10.3. The summed E-state index contributed by atoms with van der Waals surface area (Å²) in [5, 5.41) is 11.8. The minimum atomic E-state index is 0.106. The number of nitrogens with zero attached hydrogens (tertiary/aromatic N) is 1. The quantitative estimate of drug-likeness (QED) is 0.912. The fraction of sp³-hybridized carbons (Fsp3) is 0.364. The molecule has 1 aromatic rings. The van der Waals surface area contributed by atoms with Gasteiger partial charge in [-0.1, -0.05) is 0 Å². The van der Waals surface area contributed by atoms with E-state index in [9.17, 15) is 0 Å². The summed E-state index contributed by atoms with van der Waals surface area (Å²) in [6, 6.07) is 7.44. The molecule has 0 heterocycles. The van der Waals surface area contributed by atoms with Gasteiger partial charge in [-0.3, -0.25) is 0 Å². The smallest absolute Gasteiger partial charge is 0.120 e. The zero-order valence-electron chi connectivity index (χ0n) is 8.75. The first-order valence-electron chi connectivity index (χ1n) is 4.68. The topological polar surface area (TPSA) is 45.0 Å². The van der Waals surface area contributed by atoms with Crippen molar-refractivity contribution in [3.63, 3.8) is 0 Å². The molecule has 80 valence electrons. The van der Waals surface area contributed by atoms with Crippen LogP contribution in [-0.4, -0.2) is 19.7 Å². The number of halogens is 1. The van der Waals surface area contributed by atoms with Crippen LogP contribution in [0.2, 0.25) is 0 Å². The first-order chi connectivity index (χ1) is 7.17. The average molecular weight is 269 g/mol. The lowest BCUT2D eigenvalue weighted by atomic mass is 10.2. The van der Waals surface area contributed by atoms with Crippen LogP contribution in [0.5, 0.6) is 5.75 Å². The Balaban J connectivity index is 2.72. The summed E-state index contributed by atoms with van der Waals surface area (Å²) in [4.78, 5) is 0. The minimum Gasteiger partial charge on any atom is -0.489 e. The van der Waals surface area contributed by atoms with Gasteiger partial charge < -0.3 is 10.1 Å². The van der Waals surface area contributed by atoms with Crippen molar-refractivity contribution in [2.24, 2.45) is 0 Å². The van der Waals surface area contributed by atoms with Crippen molar-refractivity contribution in [1.29, 1.82) is 5.26 Å². The molecule has 0 spiro atoms. The van der Waals surface area contributed by atoms with Crippen LogP contribution < -0.4 is 10.1 Å². The Morgan fingerprint density at radius 2 is 2.33 bits per heavy atom. The molecule has 1 atom stereocenters. The van der Waals surface area contributed by atoms with Crippen LogP contribution in [0.25, 0.3) is 0 Å². The molecule has 0 radical (unpaired) electrons. The molecule has 1 aromatic carbocycles. The van der Waals surface area contributed by atoms with Crippen LogP contribution >= 0.6 is 15.9 Å². The molecule has 0 saturated carbocycles. The highest BCUT2D eigenvalue weighted by Crippen LogP contribution is 2.23. The average Bonchev–Trinajstić information content (AvgIpc) is 2.18. The number of nitrogens with one attached hydrogen (secondary N) is 1. The first-order valence-corrected chi connectivity index (χ1v) is 5.47. The van der Waals surface area contributed by atoms with E-state index >= 15 is 0 Å². The van der Waals surface area contributed by atoms with E-state index in [0.29, 0.717) is 5.56 Å². The van der Waals surface area contributed by atoms with E-state index in [4.69, 9.17) is 10.00 Å². The molecule has 0 amide bonds. The van der Waals surface area contributed by atoms with E-state index in [1.54, 1.807) is 12.1 Å². The van der Waals surface area contributed by atoms with Gasteiger partial charge in [0.15, 0.2) is 0 Å². The van der Waals surface area contributed by atoms with Crippen molar-refractivity contribution in [2.45, 2.75) is 13.0 Å². The van der Waals surface area contributed by atoms with Gasteiger partial charge in [0.2, 0.25) is 0 Å². The van der Waals surface area contributed by atoms with Crippen molar-refractivity contribution >= 4 is 15.9 Å². The number of hydrogen-bond donors (Lipinski definition) is 1. The number of nitriles is 1. The van der Waals surface area contributed by atoms with E-state index < -0.39 is 0 Å². The fourth-order valence-electron chi connectivity index (χ4n) is 1.22. The Hall–Kier alpha value is -1.05. The molecule has 0 aliphatic carbocycles. The van der Waals surface area contributed by atoms with Gasteiger partial charge in [-0.2, -0.15) is 5.26 Å². The number of hydrogen-bond acceptors (Lipinski definition) is 3. The molecular formula is C11H13BrN2O. The second-order valence-corrected chi connectivity index (χ2v) is 4.09. The highest BCUT2D eigenvalue weighted by atomic mass is 79.9. The highest BCUT2D eigenvalue weighted by molar-refractivity contribution is 9.10. The van der Waals surface area contributed by atoms with Crippen molar-refractivity contribution in [3.8, 4) is 11.8 Å². The number of likely N-dealkylation sites (N-methyl/N-ethyl adjacent to an activating group) is 1. The second-order valence-electron chi connectivity index (χ2n) is 3.24. The largest absolute Gasteiger partial charge is 0.489 e. The molecule has 0 aliphatic rings. The van der Waals surface area contributed by atoms with Gasteiger partial charge in [0.25, 0.3) is 0 Å². The van der Waals surface area contributed by atoms with Gasteiger partial charge in [-0.25, -0.2) is 0 Å². The van der Waals surface area contributed by atoms with E-state index in [2.05, 4.69) is 27.3 Å². The molecular weight excluding hydrogens is 256 g/mol. The molecule has 1 unspecified atom stereocenters. The van der Waals surface area contributed by atoms with E-state index in [0.717, 1.165) is 16.8 Å². The van der Waals surface area contributed by atoms with Gasteiger partial charge in [-0.05, 0) is 48.1 Å². The molecule has 0 aromatic heterocycles. The normalized spacial score (nSPS) is 11.9. The number of ether oxygens (including phenoxy) is 1. The van der Waals surface area contributed by atoms with Crippen LogP contribution in [0.15, 0.2) is 22.7 Å². The minimum absolute atomic E-state index is 0.106. The van der Waals surface area contributed by atoms with Gasteiger partial charge in [0.1, 0.15) is 17.9 Å². The summed E-state index contributed by atoms with van der Waals surface area (Å²) in [6.07, 6.45) is 0.106. The second kappa shape index (κ2) is 5.74. The molecule has 1 rings (SSSR count). The highest BCUT2D eigenvalue weighted by Gasteiger charge is 2.05. The third-order valence-corrected chi connectivity index (χ3v) is 2.55. The summed E-state index contributed by atoms with van der Waals surface area (Å²) in [6.45, 7) is 2.78. The van der Waals surface area contributed by atoms with Crippen molar-refractivity contribution in [3.05, 3.63) is 28.2 Å². The number of benzene rings is 1. The summed E-state index contributed by atoms with van der Waals surface area (Å²) in [5.74, 6) is 0.767. The standard InChI is InChI=1S/C11H13BrN2O/c1-8(7-14-2)15-10-4-3-9(6-13)11(12)5-10/h3-5,8,14H,7H2,1-2H3. The third-order valence-electron chi connectivity index (χ3n) is 1.89. The number of rotatable bonds is 4. The molecule has 0 aliphatic heterocycles. The molecule has 4 heteroatoms. The lowest BCUT2D eigenvalue weighted by Crippen LogP contribution is -2.25. The maximum absolute atomic E-state index is 8.74. The predicted octanol–water partition coefficient (Wildman–Crippen LogP) is 2.31. The Bertz CT molecular complexity index is 373. The van der Waals surface area contributed by atoms with E-state index in [1.165, 1.54) is 0 Å². The fourth-order valence-corrected chi connectivity index (χ4v) is 1.67. The Labute approximate surface area is 98.2 Å². The molecule has 0 bridgehead atoms. The lowest BCUT2D eigenvalue weighted by Gasteiger charge is -2.14. The maximum Gasteiger partial charge on any atom is 0.120 e. The van der Waals surface area contributed by atoms with Crippen LogP contribution in [0, 0.1) is 11.3 Å². The van der Waals surface area contributed by atoms with Gasteiger partial charge >= 0.3 is 0 Å². The Morgan fingerprint density at radius 1 is 1.60 bits per heavy atom. The SMILES string of the molecule is CNCC(C)Oc1ccc(C#N)c(Br)c1. The predicted molar refractivity (Wildman–Crippen MR) is 62.9 cm³/mol. The Kier molecular flexibility index (Phi) is 4.60. The van der Waals surface area contributed by atoms with Crippen molar-refractivity contribution < 1.29 is 4.74 Å². The molecule has 0 saturated heterocycles. The summed E-state index contributed by atoms with van der Waals surface area (Å²) in [7, 11) is 1.88. The Morgan fingerprint density at radius 3 is 2.87 bits per heavy atom. The summed E-state index contributed by atoms with van der Waals surface area (Å²) >= 11 is 3.32. The van der Waals surface area contributed by atoms with Crippen LogP contribution in [-0.2, 0) is 0 Å². The van der Waals surface area contributed by atoms with Crippen molar-refractivity contribution in [2.75, 3.05) is 13.6 Å². The van der Waals surface area contributed by atoms with Crippen LogP contribution in [0.1, 0.15) is 12.5 Å². The first kappa shape index (κ1) is 12.0. The molecule has 3 nitrogen and oxygen atoms in total. The van der Waals surface area contributed by atoms with Crippen LogP contribution in [0.3, 0.4) is 0 Å². The van der Waals surface area contributed by atoms with E-state index in [-0.39, 0.29) is 6.10 Å². The van der Waals surface area contributed by atoms with E-state index in [1.807, 2.05) is 20.0 Å².